The molecule has 4 N–H and O–H groups in total. The van der Waals surface area contributed by atoms with Gasteiger partial charge in [0.25, 0.3) is 0 Å². The standard InChI is InChI=1S/C12H18N2O2S/c1-3-9(7-17-2)14-11-5-4-8(12(15)16)6-10(11)13/h4-6,9,14H,3,7,13H2,1-2H3,(H,15,16). The van der Waals surface area contributed by atoms with Crippen LogP contribution >= 0.6 is 11.8 Å². The molecule has 4 nitrogen and oxygen atoms in total. The zero-order chi connectivity index (χ0) is 12.8. The fourth-order valence-electron chi connectivity index (χ4n) is 1.51. The van der Waals surface area contributed by atoms with Gasteiger partial charge in [0.1, 0.15) is 0 Å². The molecule has 1 unspecified atom stereocenters. The number of rotatable bonds is 6. The molecule has 17 heavy (non-hydrogen) atoms. The number of carboxylic acid groups (broad SMARTS) is 1. The van der Waals surface area contributed by atoms with Gasteiger partial charge < -0.3 is 16.2 Å². The second-order valence-corrected chi connectivity index (χ2v) is 4.72. The number of aromatic carboxylic acids is 1. The van der Waals surface area contributed by atoms with Crippen molar-refractivity contribution in [2.24, 2.45) is 0 Å². The van der Waals surface area contributed by atoms with Crippen molar-refractivity contribution in [2.45, 2.75) is 19.4 Å². The Hall–Kier alpha value is -1.36. The van der Waals surface area contributed by atoms with E-state index in [9.17, 15) is 4.79 Å². The van der Waals surface area contributed by atoms with Gasteiger partial charge >= 0.3 is 5.97 Å². The molecule has 1 aromatic rings. The Bertz CT molecular complexity index is 396. The highest BCUT2D eigenvalue weighted by molar-refractivity contribution is 7.98. The predicted molar refractivity (Wildman–Crippen MR) is 73.9 cm³/mol. The van der Waals surface area contributed by atoms with Crippen LogP contribution in [0.5, 0.6) is 0 Å². The van der Waals surface area contributed by atoms with E-state index in [4.69, 9.17) is 10.8 Å². The monoisotopic (exact) mass is 254 g/mol. The van der Waals surface area contributed by atoms with Gasteiger partial charge in [-0.05, 0) is 30.9 Å². The largest absolute Gasteiger partial charge is 0.478 e. The zero-order valence-electron chi connectivity index (χ0n) is 10.1. The maximum atomic E-state index is 10.8. The Morgan fingerprint density at radius 3 is 2.76 bits per heavy atom. The number of anilines is 2. The van der Waals surface area contributed by atoms with Crippen molar-refractivity contribution in [1.82, 2.24) is 0 Å². The second kappa shape index (κ2) is 6.39. The Balaban J connectivity index is 2.81. The molecule has 1 rings (SSSR count). The summed E-state index contributed by atoms with van der Waals surface area (Å²) in [7, 11) is 0. The summed E-state index contributed by atoms with van der Waals surface area (Å²) in [5, 5.41) is 12.2. The fraction of sp³-hybridized carbons (Fsp3) is 0.417. The molecule has 5 heteroatoms. The van der Waals surface area contributed by atoms with Gasteiger partial charge in [-0.1, -0.05) is 6.92 Å². The van der Waals surface area contributed by atoms with E-state index < -0.39 is 5.97 Å². The first-order valence-electron chi connectivity index (χ1n) is 5.46. The van der Waals surface area contributed by atoms with Crippen LogP contribution in [0.3, 0.4) is 0 Å². The van der Waals surface area contributed by atoms with Crippen LogP contribution in [0.1, 0.15) is 23.7 Å². The summed E-state index contributed by atoms with van der Waals surface area (Å²) in [5.41, 5.74) is 7.32. The number of nitrogens with two attached hydrogens (primary N) is 1. The number of nitrogen functional groups attached to an aromatic ring is 1. The molecule has 0 fully saturated rings. The lowest BCUT2D eigenvalue weighted by Crippen LogP contribution is -2.21. The Kier molecular flexibility index (Phi) is 5.15. The van der Waals surface area contributed by atoms with Gasteiger partial charge in [-0.3, -0.25) is 0 Å². The molecular formula is C12H18N2O2S. The van der Waals surface area contributed by atoms with Crippen molar-refractivity contribution >= 4 is 29.1 Å². The molecule has 0 aliphatic rings. The molecule has 1 aromatic carbocycles. The molecule has 0 heterocycles. The number of hydrogen-bond acceptors (Lipinski definition) is 4. The van der Waals surface area contributed by atoms with Crippen molar-refractivity contribution in [1.29, 1.82) is 0 Å². The van der Waals surface area contributed by atoms with Gasteiger partial charge in [-0.2, -0.15) is 11.8 Å². The maximum absolute atomic E-state index is 10.8. The second-order valence-electron chi connectivity index (χ2n) is 3.81. The summed E-state index contributed by atoms with van der Waals surface area (Å²) in [6.45, 7) is 2.11. The highest BCUT2D eigenvalue weighted by Crippen LogP contribution is 2.22. The summed E-state index contributed by atoms with van der Waals surface area (Å²) in [4.78, 5) is 10.8. The van der Waals surface area contributed by atoms with E-state index in [0.717, 1.165) is 17.9 Å². The third-order valence-corrected chi connectivity index (χ3v) is 3.25. The lowest BCUT2D eigenvalue weighted by molar-refractivity contribution is 0.0697. The van der Waals surface area contributed by atoms with Gasteiger partial charge in [0.05, 0.1) is 16.9 Å². The van der Waals surface area contributed by atoms with E-state index >= 15 is 0 Å². The van der Waals surface area contributed by atoms with Crippen LogP contribution in [-0.2, 0) is 0 Å². The normalized spacial score (nSPS) is 12.1. The number of carbonyl (C=O) groups is 1. The summed E-state index contributed by atoms with van der Waals surface area (Å²) in [5.74, 6) is 0.0378. The van der Waals surface area contributed by atoms with Gasteiger partial charge in [0.2, 0.25) is 0 Å². The maximum Gasteiger partial charge on any atom is 0.335 e. The minimum Gasteiger partial charge on any atom is -0.478 e. The summed E-state index contributed by atoms with van der Waals surface area (Å²) in [6, 6.07) is 5.12. The number of hydrogen-bond donors (Lipinski definition) is 3. The average Bonchev–Trinajstić information content (AvgIpc) is 2.30. The predicted octanol–water partition coefficient (Wildman–Crippen LogP) is 2.52. The number of benzene rings is 1. The van der Waals surface area contributed by atoms with Crippen LogP contribution in [0.25, 0.3) is 0 Å². The van der Waals surface area contributed by atoms with E-state index in [1.54, 1.807) is 23.9 Å². The number of thioether (sulfide) groups is 1. The van der Waals surface area contributed by atoms with Crippen molar-refractivity contribution in [3.63, 3.8) is 0 Å². The molecule has 94 valence electrons. The lowest BCUT2D eigenvalue weighted by Gasteiger charge is -2.18. The van der Waals surface area contributed by atoms with Crippen LogP contribution < -0.4 is 11.1 Å². The van der Waals surface area contributed by atoms with Crippen LogP contribution in [-0.4, -0.2) is 29.1 Å². The number of carboxylic acids is 1. The Morgan fingerprint density at radius 1 is 1.59 bits per heavy atom. The molecular weight excluding hydrogens is 236 g/mol. The van der Waals surface area contributed by atoms with Crippen molar-refractivity contribution in [3.05, 3.63) is 23.8 Å². The molecule has 0 radical (unpaired) electrons. The molecule has 0 saturated carbocycles. The average molecular weight is 254 g/mol. The zero-order valence-corrected chi connectivity index (χ0v) is 10.9. The molecule has 0 aliphatic heterocycles. The quantitative estimate of drug-likeness (QED) is 0.680. The topological polar surface area (TPSA) is 75.3 Å². The summed E-state index contributed by atoms with van der Waals surface area (Å²) >= 11 is 1.77. The van der Waals surface area contributed by atoms with Crippen LogP contribution in [0.4, 0.5) is 11.4 Å². The highest BCUT2D eigenvalue weighted by atomic mass is 32.2. The van der Waals surface area contributed by atoms with E-state index in [2.05, 4.69) is 18.5 Å². The SMILES string of the molecule is CCC(CSC)Nc1ccc(C(=O)O)cc1N. The van der Waals surface area contributed by atoms with Gasteiger partial charge in [0.15, 0.2) is 0 Å². The molecule has 0 aromatic heterocycles. The minimum absolute atomic E-state index is 0.214. The van der Waals surface area contributed by atoms with Crippen LogP contribution in [0.15, 0.2) is 18.2 Å². The smallest absolute Gasteiger partial charge is 0.335 e. The van der Waals surface area contributed by atoms with E-state index in [1.165, 1.54) is 6.07 Å². The van der Waals surface area contributed by atoms with E-state index in [0.29, 0.717) is 11.7 Å². The Labute approximate surface area is 106 Å². The highest BCUT2D eigenvalue weighted by Gasteiger charge is 2.09. The van der Waals surface area contributed by atoms with Gasteiger partial charge in [-0.25, -0.2) is 4.79 Å². The summed E-state index contributed by atoms with van der Waals surface area (Å²) in [6.07, 6.45) is 3.06. The first-order chi connectivity index (χ1) is 8.08. The lowest BCUT2D eigenvalue weighted by atomic mass is 10.1. The van der Waals surface area contributed by atoms with Crippen molar-refractivity contribution in [3.8, 4) is 0 Å². The van der Waals surface area contributed by atoms with Crippen LogP contribution in [0, 0.1) is 0 Å². The number of nitrogens with one attached hydrogen (secondary N) is 1. The molecule has 0 bridgehead atoms. The molecule has 0 saturated heterocycles. The first-order valence-corrected chi connectivity index (χ1v) is 6.86. The molecule has 0 spiro atoms. The van der Waals surface area contributed by atoms with Crippen LogP contribution in [0.2, 0.25) is 0 Å². The molecule has 0 aliphatic carbocycles. The first kappa shape index (κ1) is 13.7. The van der Waals surface area contributed by atoms with Gasteiger partial charge in [0, 0.05) is 11.8 Å². The van der Waals surface area contributed by atoms with E-state index in [-0.39, 0.29) is 5.56 Å². The molecule has 1 atom stereocenters. The third-order valence-electron chi connectivity index (χ3n) is 2.52. The third kappa shape index (κ3) is 3.85. The van der Waals surface area contributed by atoms with E-state index in [1.807, 2.05) is 0 Å². The van der Waals surface area contributed by atoms with Crippen molar-refractivity contribution < 1.29 is 9.90 Å². The van der Waals surface area contributed by atoms with Crippen molar-refractivity contribution in [2.75, 3.05) is 23.1 Å². The van der Waals surface area contributed by atoms with Gasteiger partial charge in [-0.15, -0.1) is 0 Å². The molecule has 0 amide bonds. The Morgan fingerprint density at radius 2 is 2.29 bits per heavy atom. The fourth-order valence-corrected chi connectivity index (χ4v) is 2.23. The summed E-state index contributed by atoms with van der Waals surface area (Å²) < 4.78 is 0. The minimum atomic E-state index is -0.959.